The summed E-state index contributed by atoms with van der Waals surface area (Å²) in [6.07, 6.45) is 3.36. The third-order valence-electron chi connectivity index (χ3n) is 5.00. The number of anilines is 2. The Kier molecular flexibility index (Phi) is 4.66. The quantitative estimate of drug-likeness (QED) is 0.848. The Bertz CT molecular complexity index is 541. The van der Waals surface area contributed by atoms with E-state index in [4.69, 9.17) is 5.73 Å². The molecular weight excluding hydrogens is 292 g/mol. The van der Waals surface area contributed by atoms with Gasteiger partial charge < -0.3 is 20.4 Å². The lowest BCUT2D eigenvalue weighted by Crippen LogP contribution is -2.50. The molecule has 1 aromatic heterocycles. The van der Waals surface area contributed by atoms with Crippen LogP contribution in [-0.2, 0) is 4.79 Å². The molecule has 2 N–H and O–H groups in total. The van der Waals surface area contributed by atoms with Gasteiger partial charge in [0.25, 0.3) is 0 Å². The van der Waals surface area contributed by atoms with E-state index in [-0.39, 0.29) is 5.92 Å². The number of amides is 1. The molecule has 3 heterocycles. The Hall–Kier alpha value is -1.89. The molecule has 0 aliphatic carbocycles. The van der Waals surface area contributed by atoms with Gasteiger partial charge in [0.1, 0.15) is 0 Å². The van der Waals surface area contributed by atoms with Gasteiger partial charge in [0, 0.05) is 45.2 Å². The fourth-order valence-corrected chi connectivity index (χ4v) is 3.54. The summed E-state index contributed by atoms with van der Waals surface area (Å²) in [5.41, 5.74) is 8.55. The molecule has 2 aliphatic rings. The minimum Gasteiger partial charge on any atom is -0.396 e. The van der Waals surface area contributed by atoms with E-state index in [1.165, 1.54) is 0 Å². The predicted octanol–water partition coefficient (Wildman–Crippen LogP) is 0.358. The Morgan fingerprint density at radius 1 is 1.17 bits per heavy atom. The summed E-state index contributed by atoms with van der Waals surface area (Å²) < 4.78 is 0. The van der Waals surface area contributed by atoms with Crippen LogP contribution in [0.5, 0.6) is 0 Å². The Balaban J connectivity index is 1.59. The summed E-state index contributed by atoms with van der Waals surface area (Å²) in [5.74, 6) is 0.473. The summed E-state index contributed by atoms with van der Waals surface area (Å²) in [7, 11) is 2.11. The van der Waals surface area contributed by atoms with E-state index in [1.54, 1.807) is 6.20 Å². The van der Waals surface area contributed by atoms with Crippen LogP contribution >= 0.6 is 0 Å². The summed E-state index contributed by atoms with van der Waals surface area (Å²) >= 11 is 0. The molecule has 0 saturated carbocycles. The van der Waals surface area contributed by atoms with Crippen molar-refractivity contribution in [2.75, 3.05) is 56.9 Å². The number of hydrogen-bond donors (Lipinski definition) is 1. The van der Waals surface area contributed by atoms with Gasteiger partial charge in [-0.05, 0) is 26.8 Å². The number of aryl methyl sites for hydroxylation is 1. The van der Waals surface area contributed by atoms with E-state index in [1.807, 2.05) is 11.8 Å². The lowest BCUT2D eigenvalue weighted by molar-refractivity contribution is -0.137. The van der Waals surface area contributed by atoms with Crippen LogP contribution in [0.25, 0.3) is 0 Å². The molecule has 7 nitrogen and oxygen atoms in total. The normalized spacial score (nSPS) is 20.8. The van der Waals surface area contributed by atoms with Crippen LogP contribution in [0.1, 0.15) is 18.5 Å². The number of rotatable bonds is 2. The molecule has 0 spiro atoms. The zero-order chi connectivity index (χ0) is 16.4. The minimum absolute atomic E-state index is 0.144. The number of likely N-dealkylation sites (N-methyl/N-ethyl adjacent to an activating group) is 1. The standard InChI is InChI=1S/C16H26N6O/c1-12-15(14(17)11-18-19-12)21-5-3-13(4-6-21)16(23)22-9-7-20(2)8-10-22/h11,13H,3-10H2,1-2H3,(H2,17,19). The number of nitrogens with two attached hydrogens (primary N) is 1. The van der Waals surface area contributed by atoms with Crippen molar-refractivity contribution in [2.24, 2.45) is 5.92 Å². The van der Waals surface area contributed by atoms with Crippen LogP contribution in [0.2, 0.25) is 0 Å². The second-order valence-electron chi connectivity index (χ2n) is 6.62. The fraction of sp³-hybridized carbons (Fsp3) is 0.688. The van der Waals surface area contributed by atoms with Crippen molar-refractivity contribution in [2.45, 2.75) is 19.8 Å². The zero-order valence-corrected chi connectivity index (χ0v) is 14.0. The SMILES string of the molecule is Cc1nncc(N)c1N1CCC(C(=O)N2CCN(C)CC2)CC1. The second kappa shape index (κ2) is 6.70. The maximum atomic E-state index is 12.7. The van der Waals surface area contributed by atoms with Crippen molar-refractivity contribution in [3.8, 4) is 0 Å². The van der Waals surface area contributed by atoms with E-state index < -0.39 is 0 Å². The number of hydrogen-bond acceptors (Lipinski definition) is 6. The van der Waals surface area contributed by atoms with Gasteiger partial charge in [-0.3, -0.25) is 4.79 Å². The van der Waals surface area contributed by atoms with E-state index in [0.717, 1.165) is 63.5 Å². The second-order valence-corrected chi connectivity index (χ2v) is 6.62. The average molecular weight is 318 g/mol. The number of nitrogens with zero attached hydrogens (tertiary/aromatic N) is 5. The van der Waals surface area contributed by atoms with Gasteiger partial charge in [0.2, 0.25) is 5.91 Å². The van der Waals surface area contributed by atoms with Gasteiger partial charge in [0.15, 0.2) is 0 Å². The highest BCUT2D eigenvalue weighted by molar-refractivity contribution is 5.79. The molecule has 0 aromatic carbocycles. The van der Waals surface area contributed by atoms with Gasteiger partial charge in [-0.25, -0.2) is 0 Å². The lowest BCUT2D eigenvalue weighted by atomic mass is 9.94. The molecular formula is C16H26N6O. The molecule has 0 bridgehead atoms. The minimum atomic E-state index is 0.144. The Labute approximate surface area is 137 Å². The maximum Gasteiger partial charge on any atom is 0.225 e. The van der Waals surface area contributed by atoms with Crippen LogP contribution in [-0.4, -0.2) is 72.2 Å². The Morgan fingerprint density at radius 3 is 2.43 bits per heavy atom. The smallest absolute Gasteiger partial charge is 0.225 e. The molecule has 1 amide bonds. The lowest BCUT2D eigenvalue weighted by Gasteiger charge is -2.38. The predicted molar refractivity (Wildman–Crippen MR) is 90.2 cm³/mol. The van der Waals surface area contributed by atoms with Gasteiger partial charge in [-0.15, -0.1) is 0 Å². The molecule has 0 unspecified atom stereocenters. The van der Waals surface area contributed by atoms with Crippen LogP contribution in [0.15, 0.2) is 6.20 Å². The number of carbonyl (C=O) groups is 1. The van der Waals surface area contributed by atoms with E-state index in [2.05, 4.69) is 27.0 Å². The largest absolute Gasteiger partial charge is 0.396 e. The van der Waals surface area contributed by atoms with Crippen molar-refractivity contribution in [1.82, 2.24) is 20.0 Å². The Morgan fingerprint density at radius 2 is 1.83 bits per heavy atom. The molecule has 2 saturated heterocycles. The molecule has 0 atom stereocenters. The maximum absolute atomic E-state index is 12.7. The highest BCUT2D eigenvalue weighted by Gasteiger charge is 2.30. The topological polar surface area (TPSA) is 78.6 Å². The summed E-state index contributed by atoms with van der Waals surface area (Å²) in [6.45, 7) is 7.29. The van der Waals surface area contributed by atoms with E-state index in [0.29, 0.717) is 11.6 Å². The molecule has 3 rings (SSSR count). The summed E-state index contributed by atoms with van der Waals surface area (Å²) in [5, 5.41) is 7.98. The van der Waals surface area contributed by atoms with Crippen molar-refractivity contribution in [1.29, 1.82) is 0 Å². The van der Waals surface area contributed by atoms with Crippen LogP contribution < -0.4 is 10.6 Å². The molecule has 23 heavy (non-hydrogen) atoms. The van der Waals surface area contributed by atoms with Crippen molar-refractivity contribution in [3.05, 3.63) is 11.9 Å². The van der Waals surface area contributed by atoms with E-state index in [9.17, 15) is 4.79 Å². The first-order valence-corrected chi connectivity index (χ1v) is 8.36. The number of piperazine rings is 1. The van der Waals surface area contributed by atoms with Crippen molar-refractivity contribution >= 4 is 17.3 Å². The van der Waals surface area contributed by atoms with Gasteiger partial charge >= 0.3 is 0 Å². The molecule has 2 aliphatic heterocycles. The number of piperidine rings is 1. The zero-order valence-electron chi connectivity index (χ0n) is 14.0. The highest BCUT2D eigenvalue weighted by atomic mass is 16.2. The first-order chi connectivity index (χ1) is 11.1. The molecule has 1 aromatic rings. The van der Waals surface area contributed by atoms with E-state index >= 15 is 0 Å². The van der Waals surface area contributed by atoms with Crippen LogP contribution in [0.3, 0.4) is 0 Å². The summed E-state index contributed by atoms with van der Waals surface area (Å²) in [6, 6.07) is 0. The fourth-order valence-electron chi connectivity index (χ4n) is 3.54. The van der Waals surface area contributed by atoms with Crippen LogP contribution in [0.4, 0.5) is 11.4 Å². The highest BCUT2D eigenvalue weighted by Crippen LogP contribution is 2.30. The monoisotopic (exact) mass is 318 g/mol. The number of nitrogen functional groups attached to an aromatic ring is 1. The average Bonchev–Trinajstić information content (AvgIpc) is 2.55. The van der Waals surface area contributed by atoms with Crippen molar-refractivity contribution < 1.29 is 4.79 Å². The van der Waals surface area contributed by atoms with Gasteiger partial charge in [0.05, 0.1) is 23.3 Å². The summed E-state index contributed by atoms with van der Waals surface area (Å²) in [4.78, 5) is 19.2. The van der Waals surface area contributed by atoms with Gasteiger partial charge in [-0.1, -0.05) is 0 Å². The molecule has 126 valence electrons. The van der Waals surface area contributed by atoms with Crippen LogP contribution in [0, 0.1) is 12.8 Å². The third kappa shape index (κ3) is 3.39. The molecule has 0 radical (unpaired) electrons. The number of aromatic nitrogens is 2. The molecule has 7 heteroatoms. The molecule has 2 fully saturated rings. The third-order valence-corrected chi connectivity index (χ3v) is 5.00. The van der Waals surface area contributed by atoms with Gasteiger partial charge in [-0.2, -0.15) is 10.2 Å². The first-order valence-electron chi connectivity index (χ1n) is 8.36. The van der Waals surface area contributed by atoms with Crippen molar-refractivity contribution in [3.63, 3.8) is 0 Å². The first kappa shape index (κ1) is 16.0. The number of carbonyl (C=O) groups excluding carboxylic acids is 1.